The van der Waals surface area contributed by atoms with E-state index >= 15 is 0 Å². The maximum Gasteiger partial charge on any atom is 0.229 e. The number of nitrogens with one attached hydrogen (secondary N) is 1. The molecule has 1 aliphatic rings. The van der Waals surface area contributed by atoms with Gasteiger partial charge in [0.05, 0.1) is 0 Å². The van der Waals surface area contributed by atoms with Gasteiger partial charge in [-0.2, -0.15) is 0 Å². The predicted molar refractivity (Wildman–Crippen MR) is 88.8 cm³/mol. The van der Waals surface area contributed by atoms with Crippen molar-refractivity contribution < 1.29 is 9.90 Å². The van der Waals surface area contributed by atoms with Crippen LogP contribution in [0.3, 0.4) is 0 Å². The molecule has 1 atom stereocenters. The Morgan fingerprint density at radius 3 is 2.45 bits per heavy atom. The van der Waals surface area contributed by atoms with E-state index in [1.165, 1.54) is 5.56 Å². The molecule has 22 heavy (non-hydrogen) atoms. The van der Waals surface area contributed by atoms with Crippen LogP contribution in [0.1, 0.15) is 43.6 Å². The molecular weight excluding hydrogens is 274 g/mol. The Labute approximate surface area is 131 Å². The fraction of sp³-hybridized carbons (Fsp3) is 0.316. The van der Waals surface area contributed by atoms with Crippen LogP contribution in [0.2, 0.25) is 0 Å². The molecule has 0 heterocycles. The lowest BCUT2D eigenvalue weighted by Gasteiger charge is -2.18. The van der Waals surface area contributed by atoms with Crippen molar-refractivity contribution in [3.05, 3.63) is 53.1 Å². The number of benzene rings is 2. The first-order chi connectivity index (χ1) is 10.3. The van der Waals surface area contributed by atoms with E-state index in [0.29, 0.717) is 0 Å². The zero-order valence-corrected chi connectivity index (χ0v) is 13.4. The smallest absolute Gasteiger partial charge is 0.229 e. The first-order valence-electron chi connectivity index (χ1n) is 7.52. The molecule has 3 rings (SSSR count). The van der Waals surface area contributed by atoms with Crippen molar-refractivity contribution in [2.75, 3.05) is 5.32 Å². The number of aliphatic hydroxyl groups excluding tert-OH is 1. The lowest BCUT2D eigenvalue weighted by Crippen LogP contribution is -2.27. The third-order valence-corrected chi connectivity index (χ3v) is 4.08. The standard InChI is InChI=1S/C19H21NO2/c1-11-5-7-14-15(9-11)13-8-6-12(10-16(13)17(14)21)20-18(22)19(2,3)4/h5-10,17,21H,1-4H3,(H,20,22). The molecule has 0 radical (unpaired) electrons. The Morgan fingerprint density at radius 2 is 1.77 bits per heavy atom. The van der Waals surface area contributed by atoms with Crippen molar-refractivity contribution in [3.8, 4) is 11.1 Å². The summed E-state index contributed by atoms with van der Waals surface area (Å²) in [6, 6.07) is 11.8. The fourth-order valence-electron chi connectivity index (χ4n) is 2.74. The highest BCUT2D eigenvalue weighted by Gasteiger charge is 2.28. The molecular formula is C19H21NO2. The molecule has 114 valence electrons. The Bertz CT molecular complexity index is 757. The van der Waals surface area contributed by atoms with Gasteiger partial charge in [-0.1, -0.05) is 50.6 Å². The molecule has 3 heteroatoms. The lowest BCUT2D eigenvalue weighted by molar-refractivity contribution is -0.123. The monoisotopic (exact) mass is 295 g/mol. The zero-order chi connectivity index (χ0) is 16.1. The second-order valence-corrected chi connectivity index (χ2v) is 7.00. The molecule has 3 nitrogen and oxygen atoms in total. The van der Waals surface area contributed by atoms with Crippen LogP contribution >= 0.6 is 0 Å². The van der Waals surface area contributed by atoms with E-state index in [2.05, 4.69) is 11.4 Å². The van der Waals surface area contributed by atoms with Gasteiger partial charge >= 0.3 is 0 Å². The number of hydrogen-bond donors (Lipinski definition) is 2. The quantitative estimate of drug-likeness (QED) is 0.834. The van der Waals surface area contributed by atoms with Crippen molar-refractivity contribution in [2.24, 2.45) is 5.41 Å². The van der Waals surface area contributed by atoms with Gasteiger partial charge in [-0.05, 0) is 41.3 Å². The summed E-state index contributed by atoms with van der Waals surface area (Å²) < 4.78 is 0. The van der Waals surface area contributed by atoms with Gasteiger partial charge in [-0.25, -0.2) is 0 Å². The van der Waals surface area contributed by atoms with Crippen LogP contribution in [0.15, 0.2) is 36.4 Å². The Balaban J connectivity index is 1.98. The number of hydrogen-bond acceptors (Lipinski definition) is 2. The minimum absolute atomic E-state index is 0.0340. The van der Waals surface area contributed by atoms with Gasteiger partial charge in [0.15, 0.2) is 0 Å². The van der Waals surface area contributed by atoms with Gasteiger partial charge in [0.1, 0.15) is 6.10 Å². The topological polar surface area (TPSA) is 49.3 Å². The molecule has 0 aromatic heterocycles. The van der Waals surface area contributed by atoms with Gasteiger partial charge in [-0.3, -0.25) is 4.79 Å². The number of aliphatic hydroxyl groups is 1. The summed E-state index contributed by atoms with van der Waals surface area (Å²) in [5.41, 5.74) is 5.35. The largest absolute Gasteiger partial charge is 0.384 e. The summed E-state index contributed by atoms with van der Waals surface area (Å²) >= 11 is 0. The van der Waals surface area contributed by atoms with Crippen LogP contribution in [-0.2, 0) is 4.79 Å². The van der Waals surface area contributed by atoms with E-state index < -0.39 is 11.5 Å². The second-order valence-electron chi connectivity index (χ2n) is 7.00. The second kappa shape index (κ2) is 4.96. The molecule has 2 N–H and O–H groups in total. The number of fused-ring (bicyclic) bond motifs is 3. The fourth-order valence-corrected chi connectivity index (χ4v) is 2.74. The third kappa shape index (κ3) is 2.42. The Hall–Kier alpha value is -2.13. The summed E-state index contributed by atoms with van der Waals surface area (Å²) in [5, 5.41) is 13.5. The summed E-state index contributed by atoms with van der Waals surface area (Å²) in [4.78, 5) is 12.1. The average molecular weight is 295 g/mol. The van der Waals surface area contributed by atoms with E-state index in [0.717, 1.165) is 27.9 Å². The van der Waals surface area contributed by atoms with E-state index in [9.17, 15) is 9.90 Å². The molecule has 0 bridgehead atoms. The van der Waals surface area contributed by atoms with Gasteiger partial charge in [0.2, 0.25) is 5.91 Å². The van der Waals surface area contributed by atoms with E-state index in [-0.39, 0.29) is 5.91 Å². The normalized spacial score (nSPS) is 16.1. The summed E-state index contributed by atoms with van der Waals surface area (Å²) in [5.74, 6) is -0.0340. The highest BCUT2D eigenvalue weighted by Crippen LogP contribution is 2.44. The van der Waals surface area contributed by atoms with Gasteiger partial charge in [0, 0.05) is 11.1 Å². The summed E-state index contributed by atoms with van der Waals surface area (Å²) in [6.07, 6.45) is -0.628. The van der Waals surface area contributed by atoms with Crippen LogP contribution in [0.4, 0.5) is 5.69 Å². The maximum absolute atomic E-state index is 12.1. The molecule has 1 unspecified atom stereocenters. The van der Waals surface area contributed by atoms with Crippen LogP contribution < -0.4 is 5.32 Å². The van der Waals surface area contributed by atoms with Gasteiger partial charge < -0.3 is 10.4 Å². The molecule has 0 saturated carbocycles. The molecule has 0 spiro atoms. The maximum atomic E-state index is 12.1. The molecule has 1 aliphatic carbocycles. The molecule has 0 saturated heterocycles. The highest BCUT2D eigenvalue weighted by molar-refractivity contribution is 5.95. The van der Waals surface area contributed by atoms with Crippen molar-refractivity contribution >= 4 is 11.6 Å². The number of carbonyl (C=O) groups excluding carboxylic acids is 1. The van der Waals surface area contributed by atoms with Crippen molar-refractivity contribution in [1.29, 1.82) is 0 Å². The van der Waals surface area contributed by atoms with E-state index in [1.54, 1.807) is 0 Å². The highest BCUT2D eigenvalue weighted by atomic mass is 16.3. The number of rotatable bonds is 1. The van der Waals surface area contributed by atoms with Crippen LogP contribution in [0.5, 0.6) is 0 Å². The Morgan fingerprint density at radius 1 is 1.05 bits per heavy atom. The first kappa shape index (κ1) is 14.8. The van der Waals surface area contributed by atoms with Crippen molar-refractivity contribution in [1.82, 2.24) is 0 Å². The van der Waals surface area contributed by atoms with Gasteiger partial charge in [-0.15, -0.1) is 0 Å². The number of aryl methyl sites for hydroxylation is 1. The Kier molecular flexibility index (Phi) is 3.33. The zero-order valence-electron chi connectivity index (χ0n) is 13.4. The molecule has 2 aromatic carbocycles. The minimum Gasteiger partial charge on any atom is -0.384 e. The number of amides is 1. The van der Waals surface area contributed by atoms with Crippen LogP contribution in [0, 0.1) is 12.3 Å². The van der Waals surface area contributed by atoms with Crippen molar-refractivity contribution in [2.45, 2.75) is 33.8 Å². The van der Waals surface area contributed by atoms with E-state index in [1.807, 2.05) is 58.0 Å². The number of carbonyl (C=O) groups is 1. The lowest BCUT2D eigenvalue weighted by atomic mass is 9.95. The molecule has 0 fully saturated rings. The van der Waals surface area contributed by atoms with Gasteiger partial charge in [0.25, 0.3) is 0 Å². The first-order valence-corrected chi connectivity index (χ1v) is 7.52. The molecule has 0 aliphatic heterocycles. The summed E-state index contributed by atoms with van der Waals surface area (Å²) in [7, 11) is 0. The SMILES string of the molecule is Cc1ccc2c(c1)-c1ccc(NC(=O)C(C)(C)C)cc1C2O. The predicted octanol–water partition coefficient (Wildman–Crippen LogP) is 4.04. The minimum atomic E-state index is -0.628. The van der Waals surface area contributed by atoms with Crippen LogP contribution in [-0.4, -0.2) is 11.0 Å². The number of anilines is 1. The average Bonchev–Trinajstić information content (AvgIpc) is 2.70. The van der Waals surface area contributed by atoms with E-state index in [4.69, 9.17) is 0 Å². The summed E-state index contributed by atoms with van der Waals surface area (Å²) in [6.45, 7) is 7.68. The molecule has 2 aromatic rings. The molecule has 1 amide bonds. The third-order valence-electron chi connectivity index (χ3n) is 4.08. The van der Waals surface area contributed by atoms with Crippen molar-refractivity contribution in [3.63, 3.8) is 0 Å². The van der Waals surface area contributed by atoms with Crippen LogP contribution in [0.25, 0.3) is 11.1 Å².